The van der Waals surface area contributed by atoms with Crippen molar-refractivity contribution < 1.29 is 9.90 Å². The maximum atomic E-state index is 10.6. The van der Waals surface area contributed by atoms with Crippen LogP contribution in [0.25, 0.3) is 0 Å². The molecule has 0 bridgehead atoms. The highest BCUT2D eigenvalue weighted by Crippen LogP contribution is 2.36. The van der Waals surface area contributed by atoms with Crippen molar-refractivity contribution in [1.29, 1.82) is 0 Å². The first-order valence-electron chi connectivity index (χ1n) is 9.17. The van der Waals surface area contributed by atoms with Crippen molar-refractivity contribution in [3.8, 4) is 0 Å². The fourth-order valence-electron chi connectivity index (χ4n) is 3.81. The lowest BCUT2D eigenvalue weighted by Crippen LogP contribution is -2.22. The SMILES string of the molecule is NC1CCCCC1.O=C(O)CC1CCC(c2ccccc2)CC1. The minimum atomic E-state index is -0.650. The molecule has 3 N–H and O–H groups in total. The normalized spacial score (nSPS) is 25.3. The molecule has 0 spiro atoms. The van der Waals surface area contributed by atoms with Gasteiger partial charge >= 0.3 is 5.97 Å². The molecule has 23 heavy (non-hydrogen) atoms. The Labute approximate surface area is 140 Å². The summed E-state index contributed by atoms with van der Waals surface area (Å²) in [6.45, 7) is 0. The van der Waals surface area contributed by atoms with Gasteiger partial charge in [-0.3, -0.25) is 4.79 Å². The average molecular weight is 317 g/mol. The lowest BCUT2D eigenvalue weighted by Gasteiger charge is -2.27. The van der Waals surface area contributed by atoms with E-state index in [4.69, 9.17) is 10.8 Å². The number of aliphatic carboxylic acids is 1. The zero-order valence-electron chi connectivity index (χ0n) is 14.1. The standard InChI is InChI=1S/C14H18O2.C6H13N/c15-14(16)10-11-6-8-13(9-7-11)12-4-2-1-3-5-12;7-6-4-2-1-3-5-6/h1-5,11,13H,6-10H2,(H,15,16);6H,1-5,7H2. The summed E-state index contributed by atoms with van der Waals surface area (Å²) < 4.78 is 0. The quantitative estimate of drug-likeness (QED) is 0.848. The third-order valence-electron chi connectivity index (χ3n) is 5.23. The number of nitrogens with two attached hydrogens (primary N) is 1. The van der Waals surface area contributed by atoms with Crippen LogP contribution in [0.5, 0.6) is 0 Å². The van der Waals surface area contributed by atoms with E-state index in [0.717, 1.165) is 25.7 Å². The number of hydrogen-bond acceptors (Lipinski definition) is 2. The fourth-order valence-corrected chi connectivity index (χ4v) is 3.81. The zero-order valence-corrected chi connectivity index (χ0v) is 14.1. The summed E-state index contributed by atoms with van der Waals surface area (Å²) in [4.78, 5) is 10.6. The predicted octanol–water partition coefficient (Wildman–Crippen LogP) is 4.71. The molecule has 2 aliphatic carbocycles. The largest absolute Gasteiger partial charge is 0.481 e. The Bertz CT molecular complexity index is 446. The molecule has 0 aliphatic heterocycles. The molecule has 1 aromatic carbocycles. The smallest absolute Gasteiger partial charge is 0.303 e. The third kappa shape index (κ3) is 6.74. The Morgan fingerprint density at radius 3 is 2.04 bits per heavy atom. The van der Waals surface area contributed by atoms with Gasteiger partial charge in [0.15, 0.2) is 0 Å². The Kier molecular flexibility index (Phi) is 7.60. The zero-order chi connectivity index (χ0) is 16.5. The number of carbonyl (C=O) groups is 1. The second-order valence-corrected chi connectivity index (χ2v) is 7.12. The van der Waals surface area contributed by atoms with Gasteiger partial charge in [0.1, 0.15) is 0 Å². The lowest BCUT2D eigenvalue weighted by atomic mass is 9.77. The van der Waals surface area contributed by atoms with Gasteiger partial charge in [-0.25, -0.2) is 0 Å². The van der Waals surface area contributed by atoms with Crippen molar-refractivity contribution in [2.24, 2.45) is 11.7 Å². The summed E-state index contributed by atoms with van der Waals surface area (Å²) in [6, 6.07) is 11.1. The van der Waals surface area contributed by atoms with Crippen LogP contribution in [0.4, 0.5) is 0 Å². The second-order valence-electron chi connectivity index (χ2n) is 7.12. The first-order valence-corrected chi connectivity index (χ1v) is 9.17. The van der Waals surface area contributed by atoms with Crippen molar-refractivity contribution in [3.63, 3.8) is 0 Å². The summed E-state index contributed by atoms with van der Waals surface area (Å²) in [7, 11) is 0. The number of hydrogen-bond donors (Lipinski definition) is 2. The van der Waals surface area contributed by atoms with Crippen LogP contribution < -0.4 is 5.73 Å². The second kappa shape index (κ2) is 9.71. The highest BCUT2D eigenvalue weighted by atomic mass is 16.4. The van der Waals surface area contributed by atoms with Crippen LogP contribution in [0, 0.1) is 5.92 Å². The van der Waals surface area contributed by atoms with E-state index in [1.54, 1.807) is 0 Å². The summed E-state index contributed by atoms with van der Waals surface area (Å²) in [5.41, 5.74) is 7.05. The van der Waals surface area contributed by atoms with Crippen molar-refractivity contribution >= 4 is 5.97 Å². The Hall–Kier alpha value is -1.35. The van der Waals surface area contributed by atoms with Gasteiger partial charge in [0.25, 0.3) is 0 Å². The van der Waals surface area contributed by atoms with E-state index >= 15 is 0 Å². The summed E-state index contributed by atoms with van der Waals surface area (Å²) in [5, 5.41) is 8.75. The van der Waals surface area contributed by atoms with Crippen LogP contribution in [0.1, 0.15) is 75.7 Å². The van der Waals surface area contributed by atoms with Gasteiger partial charge in [0, 0.05) is 12.5 Å². The summed E-state index contributed by atoms with van der Waals surface area (Å²) in [6.07, 6.45) is 11.4. The molecule has 3 nitrogen and oxygen atoms in total. The van der Waals surface area contributed by atoms with Crippen LogP contribution in [0.15, 0.2) is 30.3 Å². The predicted molar refractivity (Wildman–Crippen MR) is 94.5 cm³/mol. The number of carboxylic acids is 1. The minimum absolute atomic E-state index is 0.349. The first-order chi connectivity index (χ1) is 11.1. The lowest BCUT2D eigenvalue weighted by molar-refractivity contribution is -0.138. The highest BCUT2D eigenvalue weighted by Gasteiger charge is 2.23. The monoisotopic (exact) mass is 317 g/mol. The molecule has 3 heteroatoms. The third-order valence-corrected chi connectivity index (χ3v) is 5.23. The molecular formula is C20H31NO2. The minimum Gasteiger partial charge on any atom is -0.481 e. The molecule has 2 fully saturated rings. The van der Waals surface area contributed by atoms with E-state index < -0.39 is 5.97 Å². The van der Waals surface area contributed by atoms with E-state index in [-0.39, 0.29) is 0 Å². The van der Waals surface area contributed by atoms with Crippen LogP contribution in [-0.4, -0.2) is 17.1 Å². The van der Waals surface area contributed by atoms with Crippen LogP contribution in [0.2, 0.25) is 0 Å². The van der Waals surface area contributed by atoms with Gasteiger partial charge in [0.05, 0.1) is 0 Å². The van der Waals surface area contributed by atoms with Gasteiger partial charge in [-0.15, -0.1) is 0 Å². The molecule has 0 atom stereocenters. The van der Waals surface area contributed by atoms with Crippen molar-refractivity contribution in [1.82, 2.24) is 0 Å². The average Bonchev–Trinajstić information content (AvgIpc) is 2.57. The van der Waals surface area contributed by atoms with Gasteiger partial charge in [0.2, 0.25) is 0 Å². The van der Waals surface area contributed by atoms with Crippen molar-refractivity contribution in [2.45, 2.75) is 76.2 Å². The molecular weight excluding hydrogens is 286 g/mol. The fraction of sp³-hybridized carbons (Fsp3) is 0.650. The van der Waals surface area contributed by atoms with E-state index in [2.05, 4.69) is 24.3 Å². The molecule has 128 valence electrons. The molecule has 1 aromatic rings. The van der Waals surface area contributed by atoms with E-state index in [9.17, 15) is 4.79 Å². The van der Waals surface area contributed by atoms with Crippen molar-refractivity contribution in [3.05, 3.63) is 35.9 Å². The maximum absolute atomic E-state index is 10.6. The summed E-state index contributed by atoms with van der Waals surface area (Å²) >= 11 is 0. The number of carboxylic acid groups (broad SMARTS) is 1. The Morgan fingerprint density at radius 1 is 0.957 bits per heavy atom. The number of rotatable bonds is 3. The van der Waals surface area contributed by atoms with Crippen LogP contribution >= 0.6 is 0 Å². The van der Waals surface area contributed by atoms with E-state index in [0.29, 0.717) is 24.3 Å². The van der Waals surface area contributed by atoms with Crippen LogP contribution in [0.3, 0.4) is 0 Å². The topological polar surface area (TPSA) is 63.3 Å². The molecule has 3 rings (SSSR count). The molecule has 2 saturated carbocycles. The Morgan fingerprint density at radius 2 is 1.57 bits per heavy atom. The van der Waals surface area contributed by atoms with Crippen molar-refractivity contribution in [2.75, 3.05) is 0 Å². The van der Waals surface area contributed by atoms with Gasteiger partial charge in [-0.05, 0) is 55.9 Å². The number of benzene rings is 1. The summed E-state index contributed by atoms with van der Waals surface area (Å²) in [5.74, 6) is 0.395. The van der Waals surface area contributed by atoms with Crippen LogP contribution in [-0.2, 0) is 4.79 Å². The molecule has 0 aromatic heterocycles. The van der Waals surface area contributed by atoms with Gasteiger partial charge in [-0.2, -0.15) is 0 Å². The molecule has 0 unspecified atom stereocenters. The van der Waals surface area contributed by atoms with E-state index in [1.165, 1.54) is 37.7 Å². The maximum Gasteiger partial charge on any atom is 0.303 e. The highest BCUT2D eigenvalue weighted by molar-refractivity contribution is 5.67. The molecule has 2 aliphatic rings. The molecule has 0 amide bonds. The molecule has 0 radical (unpaired) electrons. The van der Waals surface area contributed by atoms with E-state index in [1.807, 2.05) is 6.07 Å². The molecule has 0 saturated heterocycles. The van der Waals surface area contributed by atoms with Gasteiger partial charge in [-0.1, -0.05) is 49.6 Å². The first kappa shape index (κ1) is 18.0. The molecule has 0 heterocycles. The Balaban J connectivity index is 0.000000229. The van der Waals surface area contributed by atoms with Gasteiger partial charge < -0.3 is 10.8 Å².